The molecule has 2 N–H and O–H groups in total. The van der Waals surface area contributed by atoms with Gasteiger partial charge in [0.15, 0.2) is 0 Å². The summed E-state index contributed by atoms with van der Waals surface area (Å²) in [6.07, 6.45) is 0.973. The van der Waals surface area contributed by atoms with Crippen LogP contribution in [0.3, 0.4) is 0 Å². The van der Waals surface area contributed by atoms with Gasteiger partial charge in [-0.05, 0) is 18.6 Å². The molecule has 0 saturated carbocycles. The van der Waals surface area contributed by atoms with Gasteiger partial charge in [0.25, 0.3) is 0 Å². The van der Waals surface area contributed by atoms with Crippen LogP contribution in [0.15, 0.2) is 23.1 Å². The number of hydrogen-bond donors (Lipinski definition) is 1. The zero-order chi connectivity index (χ0) is 9.97. The van der Waals surface area contributed by atoms with Gasteiger partial charge in [-0.1, -0.05) is 6.07 Å². The van der Waals surface area contributed by atoms with E-state index in [0.717, 1.165) is 12.2 Å². The largest absolute Gasteiger partial charge is 0.496 e. The first-order valence-electron chi connectivity index (χ1n) is 4.49. The number of hydrogen-bond acceptors (Lipinski definition) is 4. The van der Waals surface area contributed by atoms with Crippen LogP contribution in [0.25, 0.3) is 0 Å². The molecule has 0 bridgehead atoms. The van der Waals surface area contributed by atoms with Gasteiger partial charge in [-0.2, -0.15) is 0 Å². The molecule has 2 rings (SSSR count). The fourth-order valence-corrected chi connectivity index (χ4v) is 2.94. The van der Waals surface area contributed by atoms with Gasteiger partial charge in [0.2, 0.25) is 0 Å². The molecule has 1 heterocycles. The minimum absolute atomic E-state index is 0.422. The Morgan fingerprint density at radius 1 is 1.57 bits per heavy atom. The summed E-state index contributed by atoms with van der Waals surface area (Å²) in [5, 5.41) is 0.422. The van der Waals surface area contributed by atoms with Crippen molar-refractivity contribution in [1.82, 2.24) is 0 Å². The lowest BCUT2D eigenvalue weighted by atomic mass is 10.1. The molecular weight excluding hydrogens is 198 g/mol. The monoisotopic (exact) mass is 211 g/mol. The van der Waals surface area contributed by atoms with E-state index >= 15 is 0 Å². The number of nitrogens with two attached hydrogens (primary N) is 1. The van der Waals surface area contributed by atoms with Crippen LogP contribution in [0.2, 0.25) is 0 Å². The Kier molecular flexibility index (Phi) is 2.96. The van der Waals surface area contributed by atoms with Gasteiger partial charge in [-0.15, -0.1) is 11.8 Å². The second-order valence-corrected chi connectivity index (χ2v) is 4.56. The lowest BCUT2D eigenvalue weighted by molar-refractivity contribution is 0.139. The fourth-order valence-electron chi connectivity index (χ4n) is 1.70. The minimum Gasteiger partial charge on any atom is -0.496 e. The van der Waals surface area contributed by atoms with Crippen LogP contribution in [0.1, 0.15) is 5.56 Å². The molecule has 4 heteroatoms. The topological polar surface area (TPSA) is 44.5 Å². The van der Waals surface area contributed by atoms with E-state index in [2.05, 4.69) is 10.9 Å². The van der Waals surface area contributed by atoms with Gasteiger partial charge in [0, 0.05) is 15.7 Å². The number of fused-ring (bicyclic) bond motifs is 1. The second kappa shape index (κ2) is 4.21. The summed E-state index contributed by atoms with van der Waals surface area (Å²) in [5.41, 5.74) is 1.28. The van der Waals surface area contributed by atoms with Crippen LogP contribution in [0.5, 0.6) is 5.75 Å². The number of rotatable bonds is 3. The number of methoxy groups -OCH3 is 1. The van der Waals surface area contributed by atoms with E-state index in [4.69, 9.17) is 10.6 Å². The molecule has 0 aromatic heterocycles. The third-order valence-corrected chi connectivity index (χ3v) is 3.59. The molecule has 1 aromatic carbocycles. The molecule has 0 saturated heterocycles. The number of benzene rings is 1. The van der Waals surface area contributed by atoms with Crippen LogP contribution in [-0.2, 0) is 11.3 Å². The molecule has 0 fully saturated rings. The molecular formula is C10H13NO2S. The van der Waals surface area contributed by atoms with Crippen LogP contribution < -0.4 is 10.6 Å². The summed E-state index contributed by atoms with van der Waals surface area (Å²) in [6.45, 7) is 0.586. The molecule has 1 unspecified atom stereocenters. The SMILES string of the molecule is COc1cccc2c1CC(CON)S2. The second-order valence-electron chi connectivity index (χ2n) is 3.21. The van der Waals surface area contributed by atoms with E-state index in [-0.39, 0.29) is 0 Å². The lowest BCUT2D eigenvalue weighted by Crippen LogP contribution is -2.14. The van der Waals surface area contributed by atoms with Crippen molar-refractivity contribution in [3.63, 3.8) is 0 Å². The summed E-state index contributed by atoms with van der Waals surface area (Å²) in [7, 11) is 1.70. The van der Waals surface area contributed by atoms with Crippen molar-refractivity contribution >= 4 is 11.8 Å². The van der Waals surface area contributed by atoms with Gasteiger partial charge in [0.1, 0.15) is 5.75 Å². The Morgan fingerprint density at radius 3 is 3.14 bits per heavy atom. The molecule has 0 aliphatic carbocycles. The highest BCUT2D eigenvalue weighted by atomic mass is 32.2. The third-order valence-electron chi connectivity index (χ3n) is 2.32. The van der Waals surface area contributed by atoms with E-state index in [0.29, 0.717) is 11.9 Å². The molecule has 3 nitrogen and oxygen atoms in total. The molecule has 76 valence electrons. The molecule has 1 aliphatic rings. The van der Waals surface area contributed by atoms with Crippen molar-refractivity contribution in [2.24, 2.45) is 5.90 Å². The predicted molar refractivity (Wildman–Crippen MR) is 56.5 cm³/mol. The highest BCUT2D eigenvalue weighted by molar-refractivity contribution is 8.00. The molecule has 1 aromatic rings. The number of ether oxygens (including phenoxy) is 1. The first-order chi connectivity index (χ1) is 6.85. The first kappa shape index (κ1) is 9.83. The lowest BCUT2D eigenvalue weighted by Gasteiger charge is -2.05. The first-order valence-corrected chi connectivity index (χ1v) is 5.37. The van der Waals surface area contributed by atoms with Crippen molar-refractivity contribution in [3.8, 4) is 5.75 Å². The van der Waals surface area contributed by atoms with Crippen molar-refractivity contribution in [2.75, 3.05) is 13.7 Å². The van der Waals surface area contributed by atoms with E-state index < -0.39 is 0 Å². The molecule has 0 amide bonds. The van der Waals surface area contributed by atoms with Crippen molar-refractivity contribution < 1.29 is 9.57 Å². The number of thioether (sulfide) groups is 1. The van der Waals surface area contributed by atoms with E-state index in [1.807, 2.05) is 12.1 Å². The predicted octanol–water partition coefficient (Wildman–Crippen LogP) is 1.60. The highest BCUT2D eigenvalue weighted by Gasteiger charge is 2.24. The summed E-state index contributed by atoms with van der Waals surface area (Å²) >= 11 is 1.81. The van der Waals surface area contributed by atoms with E-state index in [9.17, 15) is 0 Å². The standard InChI is InChI=1S/C10H13NO2S/c1-12-9-3-2-4-10-8(9)5-7(14-10)6-13-11/h2-4,7H,5-6,11H2,1H3. The molecule has 1 aliphatic heterocycles. The van der Waals surface area contributed by atoms with Gasteiger partial charge in [0.05, 0.1) is 13.7 Å². The maximum Gasteiger partial charge on any atom is 0.123 e. The maximum atomic E-state index is 5.30. The van der Waals surface area contributed by atoms with Crippen molar-refractivity contribution in [2.45, 2.75) is 16.6 Å². The normalized spacial score (nSPS) is 19.4. The Balaban J connectivity index is 2.21. The van der Waals surface area contributed by atoms with Crippen LogP contribution in [-0.4, -0.2) is 19.0 Å². The van der Waals surface area contributed by atoms with Gasteiger partial charge < -0.3 is 9.57 Å². The maximum absolute atomic E-state index is 5.30. The van der Waals surface area contributed by atoms with Crippen molar-refractivity contribution in [3.05, 3.63) is 23.8 Å². The molecule has 1 atom stereocenters. The summed E-state index contributed by atoms with van der Waals surface area (Å²) < 4.78 is 5.30. The molecule has 14 heavy (non-hydrogen) atoms. The van der Waals surface area contributed by atoms with Crippen LogP contribution in [0, 0.1) is 0 Å². The third kappa shape index (κ3) is 1.73. The minimum atomic E-state index is 0.422. The Morgan fingerprint density at radius 2 is 2.43 bits per heavy atom. The molecule has 0 radical (unpaired) electrons. The Bertz CT molecular complexity index is 330. The zero-order valence-corrected chi connectivity index (χ0v) is 8.84. The van der Waals surface area contributed by atoms with E-state index in [1.54, 1.807) is 18.9 Å². The Labute approximate surface area is 87.5 Å². The summed E-state index contributed by atoms with van der Waals surface area (Å²) in [4.78, 5) is 5.95. The van der Waals surface area contributed by atoms with Crippen LogP contribution >= 0.6 is 11.8 Å². The average molecular weight is 211 g/mol. The summed E-state index contributed by atoms with van der Waals surface area (Å²) in [6, 6.07) is 6.11. The van der Waals surface area contributed by atoms with Gasteiger partial charge in [-0.25, -0.2) is 5.90 Å². The quantitative estimate of drug-likeness (QED) is 0.771. The Hall–Kier alpha value is -0.710. The molecule has 0 spiro atoms. The highest BCUT2D eigenvalue weighted by Crippen LogP contribution is 2.41. The van der Waals surface area contributed by atoms with Crippen molar-refractivity contribution in [1.29, 1.82) is 0 Å². The zero-order valence-electron chi connectivity index (χ0n) is 8.03. The fraction of sp³-hybridized carbons (Fsp3) is 0.400. The smallest absolute Gasteiger partial charge is 0.123 e. The van der Waals surface area contributed by atoms with Crippen LogP contribution in [0.4, 0.5) is 0 Å². The average Bonchev–Trinajstić information content (AvgIpc) is 2.60. The van der Waals surface area contributed by atoms with E-state index in [1.165, 1.54) is 10.5 Å². The summed E-state index contributed by atoms with van der Waals surface area (Å²) in [5.74, 6) is 6.04. The van der Waals surface area contributed by atoms with Gasteiger partial charge >= 0.3 is 0 Å². The van der Waals surface area contributed by atoms with Gasteiger partial charge in [-0.3, -0.25) is 0 Å².